The summed E-state index contributed by atoms with van der Waals surface area (Å²) in [5, 5.41) is -0.393. The largest absolute Gasteiger partial charge is 0.462 e. The van der Waals surface area contributed by atoms with Gasteiger partial charge in [0.2, 0.25) is 0 Å². The van der Waals surface area contributed by atoms with Crippen molar-refractivity contribution in [3.05, 3.63) is 0 Å². The summed E-state index contributed by atoms with van der Waals surface area (Å²) < 4.78 is 41.1. The molecule has 0 heterocycles. The molecule has 0 aliphatic heterocycles. The number of halogens is 2. The molecule has 0 rings (SSSR count). The van der Waals surface area contributed by atoms with E-state index in [0.29, 0.717) is 0 Å². The molecule has 1 unspecified atom stereocenters. The molecule has 3 nitrogen and oxygen atoms in total. The summed E-state index contributed by atoms with van der Waals surface area (Å²) in [5.74, 6) is -6.22. The Balaban J connectivity index is 4.33. The Morgan fingerprint density at radius 1 is 1.50 bits per heavy atom. The molecule has 0 amide bonds. The summed E-state index contributed by atoms with van der Waals surface area (Å²) in [4.78, 5) is 10.7. The molecule has 0 N–H and O–H groups in total. The van der Waals surface area contributed by atoms with Crippen molar-refractivity contribution in [3.63, 3.8) is 0 Å². The van der Waals surface area contributed by atoms with Crippen LogP contribution in [-0.4, -0.2) is 33.7 Å². The van der Waals surface area contributed by atoms with E-state index in [9.17, 15) is 17.8 Å². The summed E-state index contributed by atoms with van der Waals surface area (Å²) in [6.45, 7) is 4.44. The minimum absolute atomic E-state index is 0.108. The van der Waals surface area contributed by atoms with E-state index in [1.807, 2.05) is 0 Å². The quantitative estimate of drug-likeness (QED) is 0.667. The van der Waals surface area contributed by atoms with Crippen molar-refractivity contribution in [1.29, 1.82) is 0 Å². The van der Waals surface area contributed by atoms with Crippen molar-refractivity contribution in [2.45, 2.75) is 31.9 Å². The average molecular weight is 228 g/mol. The van der Waals surface area contributed by atoms with Gasteiger partial charge in [0.1, 0.15) is 0 Å². The number of carbonyl (C=O) groups excluding carboxylic acids is 1. The molecule has 0 aliphatic rings. The van der Waals surface area contributed by atoms with E-state index >= 15 is 0 Å². The van der Waals surface area contributed by atoms with Crippen LogP contribution in [-0.2, 0) is 20.3 Å². The predicted octanol–water partition coefficient (Wildman–Crippen LogP) is 1.34. The Morgan fingerprint density at radius 2 is 2.00 bits per heavy atom. The molecule has 1 atom stereocenters. The van der Waals surface area contributed by atoms with Gasteiger partial charge in [0.05, 0.1) is 12.4 Å². The molecule has 0 aromatic heterocycles. The van der Waals surface area contributed by atoms with Crippen LogP contribution in [0.15, 0.2) is 0 Å². The Kier molecular flexibility index (Phi) is 5.18. The molecule has 0 radical (unpaired) electrons. The lowest BCUT2D eigenvalue weighted by molar-refractivity contribution is -0.168. The predicted molar refractivity (Wildman–Crippen MR) is 49.7 cm³/mol. The highest BCUT2D eigenvalue weighted by molar-refractivity contribution is 7.85. The zero-order valence-electron chi connectivity index (χ0n) is 8.38. The number of alkyl halides is 2. The minimum atomic E-state index is -3.65. The third-order valence-electron chi connectivity index (χ3n) is 1.42. The molecule has 0 saturated carbocycles. The number of hydrogen-bond acceptors (Lipinski definition) is 3. The van der Waals surface area contributed by atoms with Gasteiger partial charge >= 0.3 is 11.9 Å². The van der Waals surface area contributed by atoms with E-state index in [-0.39, 0.29) is 6.61 Å². The van der Waals surface area contributed by atoms with Crippen LogP contribution in [0, 0.1) is 0 Å². The SMILES string of the molecule is CCOC(=O)C(F)(F)CS(=O)C(C)C. The van der Waals surface area contributed by atoms with E-state index in [2.05, 4.69) is 4.74 Å². The van der Waals surface area contributed by atoms with Crippen molar-refractivity contribution in [3.8, 4) is 0 Å². The van der Waals surface area contributed by atoms with Gasteiger partial charge in [-0.1, -0.05) is 13.8 Å². The highest BCUT2D eigenvalue weighted by Crippen LogP contribution is 2.18. The van der Waals surface area contributed by atoms with Crippen LogP contribution < -0.4 is 0 Å². The van der Waals surface area contributed by atoms with Gasteiger partial charge in [0.25, 0.3) is 0 Å². The molecule has 0 aliphatic carbocycles. The monoisotopic (exact) mass is 228 g/mol. The van der Waals surface area contributed by atoms with Crippen molar-refractivity contribution >= 4 is 16.8 Å². The summed E-state index contributed by atoms with van der Waals surface area (Å²) in [6, 6.07) is 0. The molecule has 0 aromatic rings. The highest BCUT2D eigenvalue weighted by Gasteiger charge is 2.42. The van der Waals surface area contributed by atoms with Crippen LogP contribution in [0.5, 0.6) is 0 Å². The van der Waals surface area contributed by atoms with Crippen molar-refractivity contribution in [1.82, 2.24) is 0 Å². The molecular formula is C8H14F2O3S. The molecule has 0 bridgehead atoms. The van der Waals surface area contributed by atoms with Gasteiger partial charge in [-0.3, -0.25) is 4.21 Å². The number of rotatable bonds is 5. The fourth-order valence-electron chi connectivity index (χ4n) is 0.641. The van der Waals surface area contributed by atoms with Crippen LogP contribution >= 0.6 is 0 Å². The van der Waals surface area contributed by atoms with Crippen LogP contribution in [0.4, 0.5) is 8.78 Å². The average Bonchev–Trinajstić information content (AvgIpc) is 2.03. The first kappa shape index (κ1) is 13.5. The smallest absolute Gasteiger partial charge is 0.377 e. The van der Waals surface area contributed by atoms with Gasteiger partial charge in [-0.15, -0.1) is 0 Å². The van der Waals surface area contributed by atoms with Gasteiger partial charge < -0.3 is 4.74 Å². The Labute approximate surface area is 84.3 Å². The molecular weight excluding hydrogens is 214 g/mol. The van der Waals surface area contributed by atoms with Crippen molar-refractivity contribution in [2.75, 3.05) is 12.4 Å². The number of esters is 1. The third kappa shape index (κ3) is 4.13. The van der Waals surface area contributed by atoms with Gasteiger partial charge in [-0.2, -0.15) is 8.78 Å². The third-order valence-corrected chi connectivity index (χ3v) is 3.12. The molecule has 0 spiro atoms. The number of ether oxygens (including phenoxy) is 1. The zero-order valence-corrected chi connectivity index (χ0v) is 9.20. The first-order chi connectivity index (χ1) is 6.31. The molecule has 0 saturated heterocycles. The molecule has 6 heteroatoms. The lowest BCUT2D eigenvalue weighted by Crippen LogP contribution is -2.37. The van der Waals surface area contributed by atoms with E-state index in [1.165, 1.54) is 6.92 Å². The van der Waals surface area contributed by atoms with Crippen LogP contribution in [0.25, 0.3) is 0 Å². The second-order valence-corrected chi connectivity index (χ2v) is 4.99. The Hall–Kier alpha value is -0.520. The molecule has 0 aromatic carbocycles. The summed E-state index contributed by atoms with van der Waals surface area (Å²) in [6.07, 6.45) is 0. The first-order valence-electron chi connectivity index (χ1n) is 4.23. The number of hydrogen-bond donors (Lipinski definition) is 0. The maximum atomic E-state index is 12.9. The van der Waals surface area contributed by atoms with E-state index in [0.717, 1.165) is 0 Å². The van der Waals surface area contributed by atoms with E-state index < -0.39 is 33.7 Å². The van der Waals surface area contributed by atoms with Gasteiger partial charge in [0.15, 0.2) is 0 Å². The summed E-state index contributed by atoms with van der Waals surface area (Å²) in [5.41, 5.74) is 0. The highest BCUT2D eigenvalue weighted by atomic mass is 32.2. The second kappa shape index (κ2) is 5.38. The minimum Gasteiger partial charge on any atom is -0.462 e. The van der Waals surface area contributed by atoms with Crippen LogP contribution in [0.3, 0.4) is 0 Å². The van der Waals surface area contributed by atoms with Gasteiger partial charge in [-0.05, 0) is 6.92 Å². The topological polar surface area (TPSA) is 43.4 Å². The van der Waals surface area contributed by atoms with E-state index in [1.54, 1.807) is 13.8 Å². The maximum absolute atomic E-state index is 12.9. The van der Waals surface area contributed by atoms with Crippen molar-refractivity contribution < 1.29 is 22.5 Å². The summed E-state index contributed by atoms with van der Waals surface area (Å²) in [7, 11) is -1.72. The standard InChI is InChI=1S/C8H14F2O3S/c1-4-13-7(11)8(9,10)5-14(12)6(2)3/h6H,4-5H2,1-3H3. The molecule has 0 fully saturated rings. The summed E-state index contributed by atoms with van der Waals surface area (Å²) >= 11 is 0. The van der Waals surface area contributed by atoms with E-state index in [4.69, 9.17) is 0 Å². The van der Waals surface area contributed by atoms with Crippen LogP contribution in [0.1, 0.15) is 20.8 Å². The maximum Gasteiger partial charge on any atom is 0.377 e. The lowest BCUT2D eigenvalue weighted by Gasteiger charge is -2.15. The Bertz CT molecular complexity index is 229. The molecule has 84 valence electrons. The fraction of sp³-hybridized carbons (Fsp3) is 0.875. The zero-order chi connectivity index (χ0) is 11.4. The normalized spacial score (nSPS) is 14.1. The lowest BCUT2D eigenvalue weighted by atomic mass is 10.4. The van der Waals surface area contributed by atoms with Crippen LogP contribution in [0.2, 0.25) is 0 Å². The first-order valence-corrected chi connectivity index (χ1v) is 5.61. The Morgan fingerprint density at radius 3 is 2.36 bits per heavy atom. The molecule has 14 heavy (non-hydrogen) atoms. The second-order valence-electron chi connectivity index (χ2n) is 3.00. The van der Waals surface area contributed by atoms with Gasteiger partial charge in [0, 0.05) is 16.0 Å². The van der Waals surface area contributed by atoms with Crippen molar-refractivity contribution in [2.24, 2.45) is 0 Å². The number of carbonyl (C=O) groups is 1. The van der Waals surface area contributed by atoms with Gasteiger partial charge in [-0.25, -0.2) is 4.79 Å². The fourth-order valence-corrected chi connectivity index (χ4v) is 1.45.